The highest BCUT2D eigenvalue weighted by Crippen LogP contribution is 2.23. The Hall–Kier alpha value is -2.66. The highest BCUT2D eigenvalue weighted by Gasteiger charge is 2.25. The molecule has 0 heterocycles. The van der Waals surface area contributed by atoms with E-state index in [1.54, 1.807) is 24.3 Å². The van der Waals surface area contributed by atoms with E-state index in [9.17, 15) is 9.59 Å². The SMILES string of the molecule is CCN(CC)[C@H](C(=O)Nc1ccc(NC(C)=O)cc1)c1ccccc1. The molecular formula is C20H25N3O2. The largest absolute Gasteiger partial charge is 0.326 e. The molecule has 0 radical (unpaired) electrons. The highest BCUT2D eigenvalue weighted by molar-refractivity contribution is 5.96. The monoisotopic (exact) mass is 339 g/mol. The Labute approximate surface area is 149 Å². The van der Waals surface area contributed by atoms with Crippen LogP contribution in [0.4, 0.5) is 11.4 Å². The van der Waals surface area contributed by atoms with Gasteiger partial charge in [0.1, 0.15) is 6.04 Å². The summed E-state index contributed by atoms with van der Waals surface area (Å²) in [6, 6.07) is 16.6. The summed E-state index contributed by atoms with van der Waals surface area (Å²) < 4.78 is 0. The van der Waals surface area contributed by atoms with Gasteiger partial charge in [-0.25, -0.2) is 0 Å². The van der Waals surface area contributed by atoms with Crippen LogP contribution in [-0.2, 0) is 9.59 Å². The van der Waals surface area contributed by atoms with Crippen molar-refractivity contribution < 1.29 is 9.59 Å². The van der Waals surface area contributed by atoms with Crippen molar-refractivity contribution in [2.45, 2.75) is 26.8 Å². The zero-order chi connectivity index (χ0) is 18.2. The maximum atomic E-state index is 12.9. The molecule has 2 N–H and O–H groups in total. The van der Waals surface area contributed by atoms with Gasteiger partial charge < -0.3 is 10.6 Å². The van der Waals surface area contributed by atoms with Gasteiger partial charge >= 0.3 is 0 Å². The Morgan fingerprint density at radius 3 is 1.88 bits per heavy atom. The lowest BCUT2D eigenvalue weighted by Crippen LogP contribution is -2.37. The average molecular weight is 339 g/mol. The molecule has 2 amide bonds. The maximum absolute atomic E-state index is 12.9. The number of amides is 2. The second-order valence-corrected chi connectivity index (χ2v) is 5.78. The van der Waals surface area contributed by atoms with Crippen LogP contribution in [0.15, 0.2) is 54.6 Å². The number of nitrogens with one attached hydrogen (secondary N) is 2. The standard InChI is InChI=1S/C20H25N3O2/c1-4-23(5-2)19(16-9-7-6-8-10-16)20(25)22-18-13-11-17(12-14-18)21-15(3)24/h6-14,19H,4-5H2,1-3H3,(H,21,24)(H,22,25)/t19-/m0/s1. The molecular weight excluding hydrogens is 314 g/mol. The molecule has 0 aliphatic carbocycles. The molecule has 0 aliphatic rings. The van der Waals surface area contributed by atoms with E-state index in [-0.39, 0.29) is 17.9 Å². The van der Waals surface area contributed by atoms with E-state index in [0.717, 1.165) is 18.7 Å². The predicted octanol–water partition coefficient (Wildman–Crippen LogP) is 3.67. The smallest absolute Gasteiger partial charge is 0.246 e. The zero-order valence-electron chi connectivity index (χ0n) is 15.0. The number of nitrogens with zero attached hydrogens (tertiary/aromatic N) is 1. The number of carbonyl (C=O) groups excluding carboxylic acids is 2. The van der Waals surface area contributed by atoms with Gasteiger partial charge in [0.05, 0.1) is 0 Å². The van der Waals surface area contributed by atoms with Gasteiger partial charge in [-0.2, -0.15) is 0 Å². The molecule has 2 aromatic rings. The molecule has 5 nitrogen and oxygen atoms in total. The second kappa shape index (κ2) is 8.99. The summed E-state index contributed by atoms with van der Waals surface area (Å²) in [5.41, 5.74) is 2.37. The van der Waals surface area contributed by atoms with Gasteiger partial charge in [0.15, 0.2) is 0 Å². The van der Waals surface area contributed by atoms with Crippen molar-refractivity contribution in [3.63, 3.8) is 0 Å². The maximum Gasteiger partial charge on any atom is 0.246 e. The van der Waals surface area contributed by atoms with Crippen LogP contribution in [0.1, 0.15) is 32.4 Å². The number of rotatable bonds is 7. The predicted molar refractivity (Wildman–Crippen MR) is 101 cm³/mol. The van der Waals surface area contributed by atoms with Crippen LogP contribution in [0, 0.1) is 0 Å². The Kier molecular flexibility index (Phi) is 6.71. The topological polar surface area (TPSA) is 61.4 Å². The van der Waals surface area contributed by atoms with Crippen molar-refractivity contribution in [2.24, 2.45) is 0 Å². The molecule has 5 heteroatoms. The molecule has 0 saturated carbocycles. The van der Waals surface area contributed by atoms with Crippen molar-refractivity contribution in [3.8, 4) is 0 Å². The molecule has 0 saturated heterocycles. The van der Waals surface area contributed by atoms with Gasteiger partial charge in [0.2, 0.25) is 11.8 Å². The van der Waals surface area contributed by atoms with Gasteiger partial charge in [-0.3, -0.25) is 14.5 Å². The Morgan fingerprint density at radius 1 is 0.880 bits per heavy atom. The first-order chi connectivity index (χ1) is 12.0. The summed E-state index contributed by atoms with van der Waals surface area (Å²) in [7, 11) is 0. The molecule has 0 aliphatic heterocycles. The van der Waals surface area contributed by atoms with Crippen LogP contribution in [0.5, 0.6) is 0 Å². The Bertz CT molecular complexity index is 695. The first kappa shape index (κ1) is 18.7. The fourth-order valence-corrected chi connectivity index (χ4v) is 2.80. The first-order valence-electron chi connectivity index (χ1n) is 8.52. The summed E-state index contributed by atoms with van der Waals surface area (Å²) in [6.07, 6.45) is 0. The van der Waals surface area contributed by atoms with Crippen molar-refractivity contribution in [1.82, 2.24) is 4.90 Å². The minimum absolute atomic E-state index is 0.0674. The van der Waals surface area contributed by atoms with Gasteiger partial charge in [-0.1, -0.05) is 44.2 Å². The van der Waals surface area contributed by atoms with E-state index in [1.165, 1.54) is 6.92 Å². The Morgan fingerprint density at radius 2 is 1.40 bits per heavy atom. The number of hydrogen-bond donors (Lipinski definition) is 2. The zero-order valence-corrected chi connectivity index (χ0v) is 15.0. The van der Waals surface area contributed by atoms with E-state index in [0.29, 0.717) is 11.4 Å². The molecule has 25 heavy (non-hydrogen) atoms. The van der Waals surface area contributed by atoms with Crippen molar-refractivity contribution in [3.05, 3.63) is 60.2 Å². The molecule has 1 atom stereocenters. The number of likely N-dealkylation sites (N-methyl/N-ethyl adjacent to an activating group) is 1. The minimum Gasteiger partial charge on any atom is -0.326 e. The van der Waals surface area contributed by atoms with Crippen LogP contribution in [0.2, 0.25) is 0 Å². The molecule has 2 aromatic carbocycles. The molecule has 132 valence electrons. The number of carbonyl (C=O) groups is 2. The van der Waals surface area contributed by atoms with E-state index in [1.807, 2.05) is 30.3 Å². The normalized spacial score (nSPS) is 11.8. The Balaban J connectivity index is 2.18. The number of benzene rings is 2. The molecule has 2 rings (SSSR count). The summed E-state index contributed by atoms with van der Waals surface area (Å²) in [5.74, 6) is -0.190. The van der Waals surface area contributed by atoms with E-state index >= 15 is 0 Å². The molecule has 0 aromatic heterocycles. The number of hydrogen-bond acceptors (Lipinski definition) is 3. The van der Waals surface area contributed by atoms with Gasteiger partial charge in [-0.15, -0.1) is 0 Å². The lowest BCUT2D eigenvalue weighted by molar-refractivity contribution is -0.121. The minimum atomic E-state index is -0.341. The quantitative estimate of drug-likeness (QED) is 0.809. The third-order valence-corrected chi connectivity index (χ3v) is 4.01. The summed E-state index contributed by atoms with van der Waals surface area (Å²) >= 11 is 0. The highest BCUT2D eigenvalue weighted by atomic mass is 16.2. The fourth-order valence-electron chi connectivity index (χ4n) is 2.80. The lowest BCUT2D eigenvalue weighted by atomic mass is 10.0. The van der Waals surface area contributed by atoms with Gasteiger partial charge in [0, 0.05) is 18.3 Å². The van der Waals surface area contributed by atoms with Crippen LogP contribution in [0.3, 0.4) is 0 Å². The van der Waals surface area contributed by atoms with Crippen LogP contribution < -0.4 is 10.6 Å². The third-order valence-electron chi connectivity index (χ3n) is 4.01. The third kappa shape index (κ3) is 5.16. The fraction of sp³-hybridized carbons (Fsp3) is 0.300. The summed E-state index contributed by atoms with van der Waals surface area (Å²) in [6.45, 7) is 7.13. The van der Waals surface area contributed by atoms with Crippen molar-refractivity contribution in [1.29, 1.82) is 0 Å². The average Bonchev–Trinajstić information content (AvgIpc) is 2.61. The van der Waals surface area contributed by atoms with E-state index in [4.69, 9.17) is 0 Å². The van der Waals surface area contributed by atoms with Crippen LogP contribution >= 0.6 is 0 Å². The van der Waals surface area contributed by atoms with Crippen molar-refractivity contribution >= 4 is 23.2 Å². The molecule has 0 fully saturated rings. The van der Waals surface area contributed by atoms with Gasteiger partial charge in [-0.05, 0) is 42.9 Å². The van der Waals surface area contributed by atoms with E-state index in [2.05, 4.69) is 29.4 Å². The van der Waals surface area contributed by atoms with Crippen LogP contribution in [0.25, 0.3) is 0 Å². The van der Waals surface area contributed by atoms with Gasteiger partial charge in [0.25, 0.3) is 0 Å². The molecule has 0 spiro atoms. The lowest BCUT2D eigenvalue weighted by Gasteiger charge is -2.29. The summed E-state index contributed by atoms with van der Waals surface area (Å²) in [5, 5.41) is 5.69. The van der Waals surface area contributed by atoms with E-state index < -0.39 is 0 Å². The second-order valence-electron chi connectivity index (χ2n) is 5.78. The molecule has 0 bridgehead atoms. The summed E-state index contributed by atoms with van der Waals surface area (Å²) in [4.78, 5) is 26.1. The first-order valence-corrected chi connectivity index (χ1v) is 8.52. The van der Waals surface area contributed by atoms with Crippen LogP contribution in [-0.4, -0.2) is 29.8 Å². The molecule has 0 unspecified atom stereocenters. The van der Waals surface area contributed by atoms with Crippen molar-refractivity contribution in [2.75, 3.05) is 23.7 Å². The number of anilines is 2.